The van der Waals surface area contributed by atoms with E-state index in [1.165, 1.54) is 39.9 Å². The quantitative estimate of drug-likeness (QED) is 0.641. The van der Waals surface area contributed by atoms with Gasteiger partial charge in [0.2, 0.25) is 10.0 Å². The summed E-state index contributed by atoms with van der Waals surface area (Å²) in [5, 5.41) is 0. The van der Waals surface area contributed by atoms with Gasteiger partial charge in [-0.2, -0.15) is 9.30 Å². The van der Waals surface area contributed by atoms with Crippen LogP contribution in [0.3, 0.4) is 0 Å². The van der Waals surface area contributed by atoms with Gasteiger partial charge in [0, 0.05) is 25.7 Å². The molecule has 1 saturated heterocycles. The smallest absolute Gasteiger partial charge is 0.279 e. The molecule has 1 aliphatic heterocycles. The number of amides is 1. The molecule has 0 aliphatic carbocycles. The lowest BCUT2D eigenvalue weighted by Gasteiger charge is -2.15. The molecule has 3 aromatic rings. The van der Waals surface area contributed by atoms with E-state index >= 15 is 0 Å². The Kier molecular flexibility index (Phi) is 5.18. The van der Waals surface area contributed by atoms with Crippen LogP contribution in [0.25, 0.3) is 10.2 Å². The average molecular weight is 430 g/mol. The van der Waals surface area contributed by atoms with Crippen LogP contribution < -0.4 is 4.80 Å². The summed E-state index contributed by atoms with van der Waals surface area (Å²) in [6.07, 6.45) is 1.78. The van der Waals surface area contributed by atoms with Crippen LogP contribution in [0.5, 0.6) is 0 Å². The third-order valence-electron chi connectivity index (χ3n) is 5.24. The van der Waals surface area contributed by atoms with Crippen LogP contribution in [0, 0.1) is 13.8 Å². The monoisotopic (exact) mass is 429 g/mol. The van der Waals surface area contributed by atoms with Crippen LogP contribution in [0.1, 0.15) is 34.3 Å². The fourth-order valence-corrected chi connectivity index (χ4v) is 6.26. The SMILES string of the molecule is Cc1cc(C)c2sc(=NC(=O)c3ccc(S(=O)(=O)N4CCCC4)cc3)n(C)c2c1. The Morgan fingerprint density at radius 3 is 2.38 bits per heavy atom. The number of aromatic nitrogens is 1. The number of carbonyl (C=O) groups excluding carboxylic acids is 1. The van der Waals surface area contributed by atoms with E-state index < -0.39 is 10.0 Å². The van der Waals surface area contributed by atoms with Crippen molar-refractivity contribution in [2.24, 2.45) is 12.0 Å². The largest absolute Gasteiger partial charge is 0.319 e. The van der Waals surface area contributed by atoms with E-state index in [9.17, 15) is 13.2 Å². The lowest BCUT2D eigenvalue weighted by atomic mass is 10.1. The number of hydrogen-bond acceptors (Lipinski definition) is 4. The number of fused-ring (bicyclic) bond motifs is 1. The minimum Gasteiger partial charge on any atom is -0.319 e. The zero-order valence-corrected chi connectivity index (χ0v) is 18.3. The van der Waals surface area contributed by atoms with Gasteiger partial charge in [0.15, 0.2) is 4.80 Å². The van der Waals surface area contributed by atoms with Gasteiger partial charge in [0.1, 0.15) is 0 Å². The van der Waals surface area contributed by atoms with Crippen molar-refractivity contribution in [1.29, 1.82) is 0 Å². The number of aryl methyl sites for hydroxylation is 3. The predicted octanol–water partition coefficient (Wildman–Crippen LogP) is 3.38. The number of benzene rings is 2. The van der Waals surface area contributed by atoms with Crippen LogP contribution in [0.2, 0.25) is 0 Å². The van der Waals surface area contributed by atoms with E-state index in [1.54, 1.807) is 0 Å². The molecule has 1 fully saturated rings. The second-order valence-corrected chi connectivity index (χ2v) is 10.3. The first-order valence-electron chi connectivity index (χ1n) is 9.53. The first kappa shape index (κ1) is 20.0. The first-order chi connectivity index (χ1) is 13.8. The predicted molar refractivity (Wildman–Crippen MR) is 115 cm³/mol. The highest BCUT2D eigenvalue weighted by Gasteiger charge is 2.27. The molecule has 0 spiro atoms. The molecule has 0 atom stereocenters. The molecule has 152 valence electrons. The van der Waals surface area contributed by atoms with Gasteiger partial charge in [-0.3, -0.25) is 4.79 Å². The van der Waals surface area contributed by atoms with E-state index in [-0.39, 0.29) is 10.8 Å². The van der Waals surface area contributed by atoms with Crippen molar-refractivity contribution >= 4 is 37.5 Å². The normalized spacial score (nSPS) is 16.0. The Labute approximate surface area is 174 Å². The fourth-order valence-electron chi connectivity index (χ4n) is 3.67. The maximum Gasteiger partial charge on any atom is 0.279 e. The summed E-state index contributed by atoms with van der Waals surface area (Å²) < 4.78 is 29.8. The molecule has 2 aromatic carbocycles. The van der Waals surface area contributed by atoms with E-state index in [0.29, 0.717) is 23.5 Å². The highest BCUT2D eigenvalue weighted by atomic mass is 32.2. The highest BCUT2D eigenvalue weighted by Crippen LogP contribution is 2.23. The number of nitrogens with zero attached hydrogens (tertiary/aromatic N) is 3. The molecule has 29 heavy (non-hydrogen) atoms. The number of rotatable bonds is 3. The van der Waals surface area contributed by atoms with Crippen LogP contribution in [-0.2, 0) is 17.1 Å². The van der Waals surface area contributed by atoms with E-state index in [4.69, 9.17) is 0 Å². The lowest BCUT2D eigenvalue weighted by molar-refractivity contribution is 0.0998. The maximum atomic E-state index is 12.7. The minimum atomic E-state index is -3.48. The molecule has 8 heteroatoms. The molecule has 6 nitrogen and oxygen atoms in total. The van der Waals surface area contributed by atoms with Crippen molar-refractivity contribution in [3.05, 3.63) is 57.9 Å². The Bertz CT molecular complexity index is 1260. The van der Waals surface area contributed by atoms with Gasteiger partial charge in [0.05, 0.1) is 15.1 Å². The van der Waals surface area contributed by atoms with Gasteiger partial charge < -0.3 is 4.57 Å². The molecule has 0 bridgehead atoms. The zero-order chi connectivity index (χ0) is 20.8. The first-order valence-corrected chi connectivity index (χ1v) is 11.8. The third-order valence-corrected chi connectivity index (χ3v) is 8.44. The van der Waals surface area contributed by atoms with E-state index in [2.05, 4.69) is 24.0 Å². The van der Waals surface area contributed by atoms with Crippen LogP contribution >= 0.6 is 11.3 Å². The molecule has 1 aliphatic rings. The van der Waals surface area contributed by atoms with Crippen molar-refractivity contribution < 1.29 is 13.2 Å². The molecule has 0 unspecified atom stereocenters. The van der Waals surface area contributed by atoms with Gasteiger partial charge in [-0.25, -0.2) is 8.42 Å². The lowest BCUT2D eigenvalue weighted by Crippen LogP contribution is -2.27. The summed E-state index contributed by atoms with van der Waals surface area (Å²) in [7, 11) is -1.59. The fraction of sp³-hybridized carbons (Fsp3) is 0.333. The van der Waals surface area contributed by atoms with Crippen molar-refractivity contribution in [3.8, 4) is 0 Å². The van der Waals surface area contributed by atoms with Crippen molar-refractivity contribution in [3.63, 3.8) is 0 Å². The molecule has 4 rings (SSSR count). The molecule has 0 N–H and O–H groups in total. The van der Waals surface area contributed by atoms with E-state index in [1.807, 2.05) is 18.5 Å². The van der Waals surface area contributed by atoms with Crippen molar-refractivity contribution in [2.45, 2.75) is 31.6 Å². The summed E-state index contributed by atoms with van der Waals surface area (Å²) in [6.45, 7) is 5.21. The third kappa shape index (κ3) is 3.68. The van der Waals surface area contributed by atoms with Gasteiger partial charge in [-0.05, 0) is 68.1 Å². The summed E-state index contributed by atoms with van der Waals surface area (Å²) >= 11 is 1.48. The summed E-state index contributed by atoms with van der Waals surface area (Å²) in [5.41, 5.74) is 3.74. The molecule has 0 saturated carbocycles. The topological polar surface area (TPSA) is 71.7 Å². The van der Waals surface area contributed by atoms with E-state index in [0.717, 1.165) is 34.2 Å². The van der Waals surface area contributed by atoms with Gasteiger partial charge in [0.25, 0.3) is 5.91 Å². The number of sulfonamides is 1. The number of thiazole rings is 1. The average Bonchev–Trinajstić information content (AvgIpc) is 3.33. The molecule has 1 aromatic heterocycles. The Morgan fingerprint density at radius 2 is 1.72 bits per heavy atom. The Hall–Kier alpha value is -2.29. The summed E-state index contributed by atoms with van der Waals surface area (Å²) in [4.78, 5) is 17.8. The van der Waals surface area contributed by atoms with Crippen molar-refractivity contribution in [2.75, 3.05) is 13.1 Å². The van der Waals surface area contributed by atoms with Crippen LogP contribution in [0.4, 0.5) is 0 Å². The van der Waals surface area contributed by atoms with Gasteiger partial charge in [-0.1, -0.05) is 17.4 Å². The number of carbonyl (C=O) groups is 1. The zero-order valence-electron chi connectivity index (χ0n) is 16.7. The number of hydrogen-bond donors (Lipinski definition) is 0. The molecule has 0 radical (unpaired) electrons. The molecular formula is C21H23N3O3S2. The Balaban J connectivity index is 1.66. The molecular weight excluding hydrogens is 406 g/mol. The second kappa shape index (κ2) is 7.51. The molecule has 2 heterocycles. The van der Waals surface area contributed by atoms with Gasteiger partial charge >= 0.3 is 0 Å². The standard InChI is InChI=1S/C21H23N3O3S2/c1-14-12-15(2)19-18(13-14)23(3)21(28-19)22-20(25)16-6-8-17(9-7-16)29(26,27)24-10-4-5-11-24/h6-9,12-13H,4-5,10-11H2,1-3H3. The van der Waals surface area contributed by atoms with Gasteiger partial charge in [-0.15, -0.1) is 0 Å². The highest BCUT2D eigenvalue weighted by molar-refractivity contribution is 7.89. The molecule has 1 amide bonds. The minimum absolute atomic E-state index is 0.217. The van der Waals surface area contributed by atoms with Crippen molar-refractivity contribution in [1.82, 2.24) is 8.87 Å². The van der Waals surface area contributed by atoms with Crippen LogP contribution in [-0.4, -0.2) is 36.3 Å². The van der Waals surface area contributed by atoms with Crippen LogP contribution in [0.15, 0.2) is 46.3 Å². The Morgan fingerprint density at radius 1 is 1.07 bits per heavy atom. The second-order valence-electron chi connectivity index (χ2n) is 7.43. The summed E-state index contributed by atoms with van der Waals surface area (Å²) in [5.74, 6) is -0.383. The maximum absolute atomic E-state index is 12.7. The summed E-state index contributed by atoms with van der Waals surface area (Å²) in [6, 6.07) is 10.3.